The fraction of sp³-hybridized carbons (Fsp3) is 0.571. The molecule has 5 nitrogen and oxygen atoms in total. The molecule has 0 saturated carbocycles. The van der Waals surface area contributed by atoms with Gasteiger partial charge >= 0.3 is 5.97 Å². The third kappa shape index (κ3) is 5.49. The number of hydrogen-bond donors (Lipinski definition) is 1. The summed E-state index contributed by atoms with van der Waals surface area (Å²) in [4.78, 5) is 36.5. The van der Waals surface area contributed by atoms with E-state index in [-0.39, 0.29) is 36.3 Å². The van der Waals surface area contributed by atoms with E-state index in [1.165, 1.54) is 6.92 Å². The molecule has 0 saturated heterocycles. The van der Waals surface area contributed by atoms with Crippen molar-refractivity contribution >= 4 is 17.5 Å². The van der Waals surface area contributed by atoms with Gasteiger partial charge < -0.3 is 9.84 Å². The number of aryl methyl sites for hydroxylation is 1. The smallest absolute Gasteiger partial charge is 0.309 e. The van der Waals surface area contributed by atoms with Crippen molar-refractivity contribution in [2.75, 3.05) is 0 Å². The molecule has 1 aliphatic rings. The molecule has 1 aromatic rings. The monoisotopic (exact) mass is 360 g/mol. The van der Waals surface area contributed by atoms with Crippen molar-refractivity contribution in [1.29, 1.82) is 0 Å². The standard InChI is InChI=1S/C21H28O5/c1-3-15-8-4-5-9-16-10-6-7-11-18(16)20(26-21(15)25)19(24)13-17(23)12-14(2)22/h6-7,10-11,15,17,20,23H,3-5,8-9,12-13H2,1-2H3/t15-,17-,20+/m1/s1. The van der Waals surface area contributed by atoms with Crippen molar-refractivity contribution in [3.05, 3.63) is 35.4 Å². The second kappa shape index (κ2) is 9.62. The molecule has 0 spiro atoms. The lowest BCUT2D eigenvalue weighted by molar-refractivity contribution is -0.161. The molecule has 5 heteroatoms. The number of benzene rings is 1. The molecule has 0 unspecified atom stereocenters. The number of aliphatic hydroxyl groups is 1. The highest BCUT2D eigenvalue weighted by molar-refractivity contribution is 5.88. The van der Waals surface area contributed by atoms with E-state index in [9.17, 15) is 19.5 Å². The van der Waals surface area contributed by atoms with Crippen LogP contribution in [0.15, 0.2) is 24.3 Å². The fourth-order valence-electron chi connectivity index (χ4n) is 3.47. The summed E-state index contributed by atoms with van der Waals surface area (Å²) in [5.74, 6) is -1.11. The topological polar surface area (TPSA) is 80.7 Å². The predicted molar refractivity (Wildman–Crippen MR) is 97.5 cm³/mol. The van der Waals surface area contributed by atoms with Crippen LogP contribution in [0.5, 0.6) is 0 Å². The van der Waals surface area contributed by atoms with Crippen LogP contribution in [-0.2, 0) is 25.5 Å². The third-order valence-electron chi connectivity index (χ3n) is 4.90. The van der Waals surface area contributed by atoms with Gasteiger partial charge in [0.25, 0.3) is 0 Å². The van der Waals surface area contributed by atoms with Gasteiger partial charge in [-0.05, 0) is 38.2 Å². The zero-order valence-electron chi connectivity index (χ0n) is 15.6. The third-order valence-corrected chi connectivity index (χ3v) is 4.90. The molecule has 0 amide bonds. The quantitative estimate of drug-likeness (QED) is 0.787. The minimum atomic E-state index is -1.05. The van der Waals surface area contributed by atoms with E-state index in [1.54, 1.807) is 0 Å². The number of aliphatic hydroxyl groups excluding tert-OH is 1. The SMILES string of the molecule is CC[C@@H]1CCCCc2ccccc2[C@@H](C(=O)C[C@H](O)CC(C)=O)OC1=O. The van der Waals surface area contributed by atoms with Crippen LogP contribution in [0, 0.1) is 5.92 Å². The highest BCUT2D eigenvalue weighted by Crippen LogP contribution is 2.30. The number of ether oxygens (including phenoxy) is 1. The molecule has 0 aliphatic carbocycles. The van der Waals surface area contributed by atoms with Crippen LogP contribution < -0.4 is 0 Å². The summed E-state index contributed by atoms with van der Waals surface area (Å²) >= 11 is 0. The molecule has 1 N–H and O–H groups in total. The number of fused-ring (bicyclic) bond motifs is 1. The summed E-state index contributed by atoms with van der Waals surface area (Å²) in [5, 5.41) is 9.98. The Labute approximate surface area is 154 Å². The molecule has 1 heterocycles. The van der Waals surface area contributed by atoms with Gasteiger partial charge in [-0.2, -0.15) is 0 Å². The Hall–Kier alpha value is -2.01. The summed E-state index contributed by atoms with van der Waals surface area (Å²) in [6.45, 7) is 3.32. The summed E-state index contributed by atoms with van der Waals surface area (Å²) in [6, 6.07) is 7.49. The molecular weight excluding hydrogens is 332 g/mol. The van der Waals surface area contributed by atoms with Gasteiger partial charge in [0.05, 0.1) is 12.0 Å². The van der Waals surface area contributed by atoms with Crippen LogP contribution in [0.4, 0.5) is 0 Å². The fourth-order valence-corrected chi connectivity index (χ4v) is 3.47. The first-order valence-electron chi connectivity index (χ1n) is 9.40. The van der Waals surface area contributed by atoms with Crippen molar-refractivity contribution < 1.29 is 24.2 Å². The van der Waals surface area contributed by atoms with Crippen LogP contribution in [0.2, 0.25) is 0 Å². The highest BCUT2D eigenvalue weighted by Gasteiger charge is 2.31. The Balaban J connectivity index is 2.30. The molecule has 0 radical (unpaired) electrons. The lowest BCUT2D eigenvalue weighted by Gasteiger charge is -2.25. The maximum Gasteiger partial charge on any atom is 0.309 e. The number of rotatable bonds is 6. The Bertz CT molecular complexity index is 652. The lowest BCUT2D eigenvalue weighted by Crippen LogP contribution is -2.28. The second-order valence-corrected chi connectivity index (χ2v) is 7.10. The van der Waals surface area contributed by atoms with Gasteiger partial charge in [-0.25, -0.2) is 0 Å². The molecule has 3 atom stereocenters. The van der Waals surface area contributed by atoms with Crippen LogP contribution in [0.25, 0.3) is 0 Å². The van der Waals surface area contributed by atoms with Crippen molar-refractivity contribution in [3.8, 4) is 0 Å². The lowest BCUT2D eigenvalue weighted by atomic mass is 9.90. The zero-order valence-corrected chi connectivity index (χ0v) is 15.6. The average molecular weight is 360 g/mol. The molecule has 26 heavy (non-hydrogen) atoms. The number of carbonyl (C=O) groups excluding carboxylic acids is 3. The number of Topliss-reactive ketones (excluding diaryl/α,β-unsaturated/α-hetero) is 2. The molecule has 142 valence electrons. The number of carbonyl (C=O) groups is 3. The first kappa shape index (κ1) is 20.3. The molecule has 0 fully saturated rings. The Morgan fingerprint density at radius 1 is 1.23 bits per heavy atom. The van der Waals surface area contributed by atoms with E-state index in [2.05, 4.69) is 0 Å². The van der Waals surface area contributed by atoms with Gasteiger partial charge in [-0.1, -0.05) is 37.6 Å². The highest BCUT2D eigenvalue weighted by atomic mass is 16.5. The number of ketones is 2. The molecule has 0 aromatic heterocycles. The van der Waals surface area contributed by atoms with Gasteiger partial charge in [-0.15, -0.1) is 0 Å². The van der Waals surface area contributed by atoms with Crippen LogP contribution in [0.1, 0.15) is 69.6 Å². The Morgan fingerprint density at radius 2 is 1.96 bits per heavy atom. The molecule has 0 bridgehead atoms. The van der Waals surface area contributed by atoms with Crippen molar-refractivity contribution in [3.63, 3.8) is 0 Å². The molecule has 1 aliphatic heterocycles. The largest absolute Gasteiger partial charge is 0.449 e. The summed E-state index contributed by atoms with van der Waals surface area (Å²) in [6.07, 6.45) is 1.79. The van der Waals surface area contributed by atoms with Gasteiger partial charge in [-0.3, -0.25) is 14.4 Å². The van der Waals surface area contributed by atoms with Gasteiger partial charge in [0, 0.05) is 18.4 Å². The Kier molecular flexibility index (Phi) is 7.51. The minimum absolute atomic E-state index is 0.0777. The number of esters is 1. The molecule has 1 aromatic carbocycles. The second-order valence-electron chi connectivity index (χ2n) is 7.10. The van der Waals surface area contributed by atoms with Crippen LogP contribution in [-0.4, -0.2) is 28.7 Å². The summed E-state index contributed by atoms with van der Waals surface area (Å²) in [7, 11) is 0. The summed E-state index contributed by atoms with van der Waals surface area (Å²) < 4.78 is 5.64. The average Bonchev–Trinajstić information content (AvgIpc) is 2.59. The van der Waals surface area contributed by atoms with Gasteiger partial charge in [0.1, 0.15) is 5.78 Å². The van der Waals surface area contributed by atoms with Crippen molar-refractivity contribution in [2.45, 2.75) is 71.0 Å². The maximum atomic E-state index is 12.8. The van der Waals surface area contributed by atoms with Gasteiger partial charge in [0.15, 0.2) is 11.9 Å². The van der Waals surface area contributed by atoms with Crippen molar-refractivity contribution in [1.82, 2.24) is 0 Å². The number of hydrogen-bond acceptors (Lipinski definition) is 5. The van der Waals surface area contributed by atoms with E-state index < -0.39 is 12.2 Å². The van der Waals surface area contributed by atoms with E-state index in [0.717, 1.165) is 31.2 Å². The Morgan fingerprint density at radius 3 is 2.65 bits per heavy atom. The van der Waals surface area contributed by atoms with Crippen LogP contribution >= 0.6 is 0 Å². The van der Waals surface area contributed by atoms with Crippen LogP contribution in [0.3, 0.4) is 0 Å². The molecule has 2 rings (SSSR count). The minimum Gasteiger partial charge on any atom is -0.449 e. The number of cyclic esters (lactones) is 1. The molecular formula is C21H28O5. The predicted octanol–water partition coefficient (Wildman–Crippen LogP) is 3.32. The summed E-state index contributed by atoms with van der Waals surface area (Å²) in [5.41, 5.74) is 1.69. The van der Waals surface area contributed by atoms with E-state index >= 15 is 0 Å². The van der Waals surface area contributed by atoms with E-state index in [4.69, 9.17) is 4.74 Å². The van der Waals surface area contributed by atoms with Gasteiger partial charge in [0.2, 0.25) is 0 Å². The van der Waals surface area contributed by atoms with Crippen molar-refractivity contribution in [2.24, 2.45) is 5.92 Å². The first-order valence-corrected chi connectivity index (χ1v) is 9.40. The van der Waals surface area contributed by atoms with E-state index in [1.807, 2.05) is 31.2 Å². The maximum absolute atomic E-state index is 12.8. The zero-order chi connectivity index (χ0) is 19.1. The first-order chi connectivity index (χ1) is 12.4. The normalized spacial score (nSPS) is 22.0. The van der Waals surface area contributed by atoms with E-state index in [0.29, 0.717) is 12.0 Å².